The van der Waals surface area contributed by atoms with E-state index >= 15 is 0 Å². The van der Waals surface area contributed by atoms with E-state index in [1.54, 1.807) is 0 Å². The van der Waals surface area contributed by atoms with E-state index in [0.29, 0.717) is 31.7 Å². The standard InChI is InChI=1S/C20H30F2N4O2/c1-3-23-20(24-11-6-4-5-7-19(27)28-2)25-16-10-12-26(14-16)18-9-8-15(21)13-17(18)22/h8-9,13,16H,3-7,10-12,14H2,1-2H3,(H2,23,24,25). The molecule has 0 amide bonds. The Kier molecular flexibility index (Phi) is 8.97. The van der Waals surface area contributed by atoms with E-state index in [0.717, 1.165) is 44.3 Å². The summed E-state index contributed by atoms with van der Waals surface area (Å²) in [5.41, 5.74) is 0.429. The summed E-state index contributed by atoms with van der Waals surface area (Å²) in [5.74, 6) is -0.541. The second-order valence-corrected chi connectivity index (χ2v) is 6.82. The van der Waals surface area contributed by atoms with Crippen LogP contribution in [0.5, 0.6) is 0 Å². The normalized spacial score (nSPS) is 16.9. The van der Waals surface area contributed by atoms with Crippen LogP contribution in [-0.4, -0.2) is 51.3 Å². The van der Waals surface area contributed by atoms with Gasteiger partial charge in [0.25, 0.3) is 0 Å². The third-order valence-electron chi connectivity index (χ3n) is 4.66. The van der Waals surface area contributed by atoms with Gasteiger partial charge in [0, 0.05) is 44.7 Å². The zero-order chi connectivity index (χ0) is 20.4. The average molecular weight is 396 g/mol. The van der Waals surface area contributed by atoms with E-state index in [9.17, 15) is 13.6 Å². The lowest BCUT2D eigenvalue weighted by Gasteiger charge is -2.21. The third kappa shape index (κ3) is 6.98. The molecule has 1 atom stereocenters. The number of anilines is 1. The van der Waals surface area contributed by atoms with E-state index in [1.165, 1.54) is 19.2 Å². The molecule has 1 aromatic carbocycles. The highest BCUT2D eigenvalue weighted by Crippen LogP contribution is 2.24. The minimum absolute atomic E-state index is 0.140. The molecule has 1 fully saturated rings. The van der Waals surface area contributed by atoms with Gasteiger partial charge >= 0.3 is 5.97 Å². The van der Waals surface area contributed by atoms with Crippen LogP contribution < -0.4 is 15.5 Å². The summed E-state index contributed by atoms with van der Waals surface area (Å²) in [5, 5.41) is 6.62. The molecule has 0 aromatic heterocycles. The first-order valence-electron chi connectivity index (χ1n) is 9.85. The van der Waals surface area contributed by atoms with Gasteiger partial charge in [-0.1, -0.05) is 6.42 Å². The largest absolute Gasteiger partial charge is 0.469 e. The number of methoxy groups -OCH3 is 1. The van der Waals surface area contributed by atoms with Crippen molar-refractivity contribution in [3.05, 3.63) is 29.8 Å². The van der Waals surface area contributed by atoms with Crippen molar-refractivity contribution in [2.45, 2.75) is 45.1 Å². The minimum Gasteiger partial charge on any atom is -0.469 e. The van der Waals surface area contributed by atoms with E-state index in [-0.39, 0.29) is 12.0 Å². The van der Waals surface area contributed by atoms with Gasteiger partial charge in [0.15, 0.2) is 5.96 Å². The molecule has 1 aromatic rings. The van der Waals surface area contributed by atoms with Crippen LogP contribution in [0.1, 0.15) is 39.0 Å². The number of nitrogens with one attached hydrogen (secondary N) is 2. The smallest absolute Gasteiger partial charge is 0.305 e. The van der Waals surface area contributed by atoms with Gasteiger partial charge < -0.3 is 20.3 Å². The number of rotatable bonds is 9. The predicted molar refractivity (Wildman–Crippen MR) is 107 cm³/mol. The SMILES string of the molecule is CCNC(=NCCCCCC(=O)OC)NC1CCN(c2ccc(F)cc2F)C1. The van der Waals surface area contributed by atoms with Gasteiger partial charge in [-0.05, 0) is 38.3 Å². The number of carbonyl (C=O) groups is 1. The van der Waals surface area contributed by atoms with E-state index in [1.807, 2.05) is 11.8 Å². The lowest BCUT2D eigenvalue weighted by atomic mass is 10.2. The van der Waals surface area contributed by atoms with Crippen LogP contribution in [0.2, 0.25) is 0 Å². The Labute approximate surface area is 165 Å². The summed E-state index contributed by atoms with van der Waals surface area (Å²) in [7, 11) is 1.40. The molecular weight excluding hydrogens is 366 g/mol. The van der Waals surface area contributed by atoms with Crippen molar-refractivity contribution in [2.75, 3.05) is 38.2 Å². The maximum atomic E-state index is 14.0. The van der Waals surface area contributed by atoms with Crippen LogP contribution in [0.3, 0.4) is 0 Å². The number of nitrogens with zero attached hydrogens (tertiary/aromatic N) is 2. The minimum atomic E-state index is -0.566. The van der Waals surface area contributed by atoms with Crippen molar-refractivity contribution in [3.63, 3.8) is 0 Å². The Bertz CT molecular complexity index is 670. The molecule has 1 heterocycles. The molecule has 0 radical (unpaired) electrons. The summed E-state index contributed by atoms with van der Waals surface area (Å²) < 4.78 is 31.7. The Morgan fingerprint density at radius 3 is 2.86 bits per heavy atom. The first kappa shape index (κ1) is 21.9. The quantitative estimate of drug-likeness (QED) is 0.291. The monoisotopic (exact) mass is 396 g/mol. The van der Waals surface area contributed by atoms with E-state index in [4.69, 9.17) is 0 Å². The molecule has 0 saturated carbocycles. The van der Waals surface area contributed by atoms with Crippen molar-refractivity contribution in [2.24, 2.45) is 4.99 Å². The predicted octanol–water partition coefficient (Wildman–Crippen LogP) is 2.83. The molecule has 1 aliphatic rings. The number of halogens is 2. The van der Waals surface area contributed by atoms with Gasteiger partial charge in [-0.3, -0.25) is 9.79 Å². The second kappa shape index (κ2) is 11.5. The van der Waals surface area contributed by atoms with Gasteiger partial charge in [-0.15, -0.1) is 0 Å². The molecule has 1 aliphatic heterocycles. The maximum absolute atomic E-state index is 14.0. The van der Waals surface area contributed by atoms with Gasteiger partial charge in [0.2, 0.25) is 0 Å². The molecule has 2 N–H and O–H groups in total. The summed E-state index contributed by atoms with van der Waals surface area (Å²) in [6.07, 6.45) is 3.90. The van der Waals surface area contributed by atoms with Crippen LogP contribution in [0.4, 0.5) is 14.5 Å². The number of benzene rings is 1. The van der Waals surface area contributed by atoms with Crippen LogP contribution in [-0.2, 0) is 9.53 Å². The molecule has 156 valence electrons. The second-order valence-electron chi connectivity index (χ2n) is 6.82. The number of hydrogen-bond donors (Lipinski definition) is 2. The highest BCUT2D eigenvalue weighted by molar-refractivity contribution is 5.80. The average Bonchev–Trinajstić information content (AvgIpc) is 3.12. The molecule has 1 saturated heterocycles. The molecule has 1 unspecified atom stereocenters. The van der Waals surface area contributed by atoms with E-state index < -0.39 is 11.6 Å². The van der Waals surface area contributed by atoms with Crippen molar-refractivity contribution in [3.8, 4) is 0 Å². The molecule has 28 heavy (non-hydrogen) atoms. The zero-order valence-electron chi connectivity index (χ0n) is 16.6. The highest BCUT2D eigenvalue weighted by atomic mass is 19.1. The maximum Gasteiger partial charge on any atom is 0.305 e. The summed E-state index contributed by atoms with van der Waals surface area (Å²) in [6, 6.07) is 3.83. The van der Waals surface area contributed by atoms with Gasteiger partial charge in [0.1, 0.15) is 11.6 Å². The van der Waals surface area contributed by atoms with Crippen LogP contribution in [0.25, 0.3) is 0 Å². The first-order chi connectivity index (χ1) is 13.5. The molecule has 0 aliphatic carbocycles. The highest BCUT2D eigenvalue weighted by Gasteiger charge is 2.25. The molecule has 2 rings (SSSR count). The van der Waals surface area contributed by atoms with Gasteiger partial charge in [0.05, 0.1) is 12.8 Å². The van der Waals surface area contributed by atoms with Crippen molar-refractivity contribution in [1.29, 1.82) is 0 Å². The third-order valence-corrected chi connectivity index (χ3v) is 4.66. The van der Waals surface area contributed by atoms with Crippen LogP contribution >= 0.6 is 0 Å². The fourth-order valence-corrected chi connectivity index (χ4v) is 3.20. The van der Waals surface area contributed by atoms with Crippen molar-refractivity contribution >= 4 is 17.6 Å². The fourth-order valence-electron chi connectivity index (χ4n) is 3.20. The number of unbranched alkanes of at least 4 members (excludes halogenated alkanes) is 2. The lowest BCUT2D eigenvalue weighted by molar-refractivity contribution is -0.140. The van der Waals surface area contributed by atoms with Crippen LogP contribution in [0, 0.1) is 11.6 Å². The number of hydrogen-bond acceptors (Lipinski definition) is 4. The zero-order valence-corrected chi connectivity index (χ0v) is 16.6. The van der Waals surface area contributed by atoms with Crippen LogP contribution in [0.15, 0.2) is 23.2 Å². The molecule has 6 nitrogen and oxygen atoms in total. The number of esters is 1. The van der Waals surface area contributed by atoms with Crippen molar-refractivity contribution < 1.29 is 18.3 Å². The lowest BCUT2D eigenvalue weighted by Crippen LogP contribution is -2.44. The summed E-state index contributed by atoms with van der Waals surface area (Å²) in [6.45, 7) is 4.75. The molecular formula is C20H30F2N4O2. The van der Waals surface area contributed by atoms with Crippen molar-refractivity contribution in [1.82, 2.24) is 10.6 Å². The fraction of sp³-hybridized carbons (Fsp3) is 0.600. The van der Waals surface area contributed by atoms with Gasteiger partial charge in [-0.2, -0.15) is 0 Å². The molecule has 0 spiro atoms. The summed E-state index contributed by atoms with van der Waals surface area (Å²) in [4.78, 5) is 17.6. The molecule has 0 bridgehead atoms. The Hall–Kier alpha value is -2.38. The molecule has 8 heteroatoms. The topological polar surface area (TPSA) is 66.0 Å². The Morgan fingerprint density at radius 2 is 2.14 bits per heavy atom. The van der Waals surface area contributed by atoms with Gasteiger partial charge in [-0.25, -0.2) is 8.78 Å². The number of aliphatic imine (C=N–C) groups is 1. The number of guanidine groups is 1. The summed E-state index contributed by atoms with van der Waals surface area (Å²) >= 11 is 0. The Balaban J connectivity index is 1.79. The number of carbonyl (C=O) groups excluding carboxylic acids is 1. The Morgan fingerprint density at radius 1 is 1.32 bits per heavy atom. The number of ether oxygens (including phenoxy) is 1. The first-order valence-corrected chi connectivity index (χ1v) is 9.85. The van der Waals surface area contributed by atoms with E-state index in [2.05, 4.69) is 20.4 Å².